The molecule has 2 rings (SSSR count). The van der Waals surface area contributed by atoms with Crippen LogP contribution in [-0.4, -0.2) is 25.7 Å². The second-order valence-electron chi connectivity index (χ2n) is 5.13. The van der Waals surface area contributed by atoms with Crippen LogP contribution in [0.1, 0.15) is 39.0 Å². The van der Waals surface area contributed by atoms with Gasteiger partial charge >= 0.3 is 0 Å². The van der Waals surface area contributed by atoms with Crippen molar-refractivity contribution >= 4 is 0 Å². The molecule has 0 radical (unpaired) electrons. The van der Waals surface area contributed by atoms with Crippen molar-refractivity contribution in [2.45, 2.75) is 45.1 Å². The molecule has 1 saturated carbocycles. The van der Waals surface area contributed by atoms with E-state index in [1.54, 1.807) is 0 Å². The fourth-order valence-corrected chi connectivity index (χ4v) is 2.37. The van der Waals surface area contributed by atoms with Crippen molar-refractivity contribution in [2.24, 2.45) is 5.41 Å². The maximum Gasteiger partial charge on any atom is 0.00673 e. The summed E-state index contributed by atoms with van der Waals surface area (Å²) < 4.78 is 0. The summed E-state index contributed by atoms with van der Waals surface area (Å²) in [5.74, 6) is 0. The van der Waals surface area contributed by atoms with Gasteiger partial charge in [0.2, 0.25) is 0 Å². The van der Waals surface area contributed by atoms with Crippen molar-refractivity contribution in [3.8, 4) is 0 Å². The summed E-state index contributed by atoms with van der Waals surface area (Å²) in [6.07, 6.45) is 7.14. The molecule has 0 aromatic carbocycles. The van der Waals surface area contributed by atoms with Crippen LogP contribution < -0.4 is 10.6 Å². The predicted molar refractivity (Wildman–Crippen MR) is 55.9 cm³/mol. The fraction of sp³-hybridized carbons (Fsp3) is 1.00. The Morgan fingerprint density at radius 2 is 1.92 bits per heavy atom. The number of hydrogen-bond donors (Lipinski definition) is 2. The minimum absolute atomic E-state index is 0.553. The van der Waals surface area contributed by atoms with E-state index in [1.807, 2.05) is 0 Å². The average Bonchev–Trinajstić information content (AvgIpc) is 2.13. The van der Waals surface area contributed by atoms with Crippen molar-refractivity contribution in [2.75, 3.05) is 19.6 Å². The number of rotatable bonds is 3. The lowest BCUT2D eigenvalue weighted by Crippen LogP contribution is -2.57. The topological polar surface area (TPSA) is 24.1 Å². The quantitative estimate of drug-likeness (QED) is 0.691. The van der Waals surface area contributed by atoms with Crippen LogP contribution in [-0.2, 0) is 0 Å². The van der Waals surface area contributed by atoms with Crippen LogP contribution in [0.2, 0.25) is 0 Å². The summed E-state index contributed by atoms with van der Waals surface area (Å²) in [5.41, 5.74) is 0.553. The van der Waals surface area contributed by atoms with Gasteiger partial charge in [-0.25, -0.2) is 0 Å². The van der Waals surface area contributed by atoms with Gasteiger partial charge in [-0.3, -0.25) is 0 Å². The number of hydrogen-bond acceptors (Lipinski definition) is 2. The monoisotopic (exact) mass is 182 g/mol. The van der Waals surface area contributed by atoms with E-state index in [0.717, 1.165) is 6.04 Å². The van der Waals surface area contributed by atoms with Crippen LogP contribution in [0.15, 0.2) is 0 Å². The third-order valence-corrected chi connectivity index (χ3v) is 3.53. The summed E-state index contributed by atoms with van der Waals surface area (Å²) in [6.45, 7) is 5.99. The summed E-state index contributed by atoms with van der Waals surface area (Å²) in [5, 5.41) is 7.07. The summed E-state index contributed by atoms with van der Waals surface area (Å²) in [7, 11) is 0. The van der Waals surface area contributed by atoms with Gasteiger partial charge in [-0.2, -0.15) is 0 Å². The highest BCUT2D eigenvalue weighted by molar-refractivity contribution is 4.91. The molecular formula is C11H22N2. The molecule has 0 spiro atoms. The van der Waals surface area contributed by atoms with Gasteiger partial charge in [0.1, 0.15) is 0 Å². The second-order valence-corrected chi connectivity index (χ2v) is 5.13. The van der Waals surface area contributed by atoms with E-state index in [9.17, 15) is 0 Å². The third-order valence-electron chi connectivity index (χ3n) is 3.53. The van der Waals surface area contributed by atoms with Crippen molar-refractivity contribution in [3.63, 3.8) is 0 Å². The van der Waals surface area contributed by atoms with E-state index in [1.165, 1.54) is 51.7 Å². The molecule has 2 aliphatic rings. The first-order valence-corrected chi connectivity index (χ1v) is 5.73. The standard InChI is InChI=1S/C11H22N2/c1-11(7-12-8-11)9-13-10-5-3-2-4-6-10/h10,12-13H,2-9H2,1H3. The summed E-state index contributed by atoms with van der Waals surface area (Å²) in [6, 6.07) is 0.825. The molecule has 1 saturated heterocycles. The average molecular weight is 182 g/mol. The van der Waals surface area contributed by atoms with E-state index < -0.39 is 0 Å². The highest BCUT2D eigenvalue weighted by Crippen LogP contribution is 2.22. The molecule has 2 fully saturated rings. The van der Waals surface area contributed by atoms with Gasteiger partial charge in [-0.1, -0.05) is 26.2 Å². The van der Waals surface area contributed by atoms with Crippen LogP contribution in [0, 0.1) is 5.41 Å². The molecule has 1 heterocycles. The predicted octanol–water partition coefficient (Wildman–Crippen LogP) is 1.52. The third kappa shape index (κ3) is 2.44. The van der Waals surface area contributed by atoms with Gasteiger partial charge < -0.3 is 10.6 Å². The largest absolute Gasteiger partial charge is 0.315 e. The molecule has 0 amide bonds. The lowest BCUT2D eigenvalue weighted by atomic mass is 9.83. The first kappa shape index (κ1) is 9.47. The van der Waals surface area contributed by atoms with Crippen LogP contribution in [0.4, 0.5) is 0 Å². The van der Waals surface area contributed by atoms with Crippen molar-refractivity contribution in [3.05, 3.63) is 0 Å². The zero-order valence-electron chi connectivity index (χ0n) is 8.73. The van der Waals surface area contributed by atoms with Crippen molar-refractivity contribution < 1.29 is 0 Å². The molecule has 76 valence electrons. The smallest absolute Gasteiger partial charge is 0.00673 e. The Morgan fingerprint density at radius 1 is 1.23 bits per heavy atom. The Kier molecular flexibility index (Phi) is 2.89. The Balaban J connectivity index is 1.66. The molecule has 1 aliphatic carbocycles. The molecule has 0 aromatic heterocycles. The highest BCUT2D eigenvalue weighted by atomic mass is 15.0. The van der Waals surface area contributed by atoms with Gasteiger partial charge in [-0.05, 0) is 12.8 Å². The molecule has 2 nitrogen and oxygen atoms in total. The lowest BCUT2D eigenvalue weighted by Gasteiger charge is -2.41. The van der Waals surface area contributed by atoms with Gasteiger partial charge in [0.15, 0.2) is 0 Å². The zero-order valence-corrected chi connectivity index (χ0v) is 8.73. The Labute approximate surface area is 81.5 Å². The minimum Gasteiger partial charge on any atom is -0.315 e. The van der Waals surface area contributed by atoms with E-state index in [2.05, 4.69) is 17.6 Å². The first-order chi connectivity index (χ1) is 6.29. The van der Waals surface area contributed by atoms with E-state index >= 15 is 0 Å². The molecule has 2 N–H and O–H groups in total. The van der Waals surface area contributed by atoms with E-state index in [0.29, 0.717) is 5.41 Å². The van der Waals surface area contributed by atoms with E-state index in [4.69, 9.17) is 0 Å². The normalized spacial score (nSPS) is 28.4. The van der Waals surface area contributed by atoms with Crippen LogP contribution in [0.5, 0.6) is 0 Å². The fourth-order valence-electron chi connectivity index (χ4n) is 2.37. The van der Waals surface area contributed by atoms with E-state index in [-0.39, 0.29) is 0 Å². The molecule has 2 heteroatoms. The Bertz CT molecular complexity index is 157. The Morgan fingerprint density at radius 3 is 2.46 bits per heavy atom. The maximum atomic E-state index is 3.72. The SMILES string of the molecule is CC1(CNC2CCCCC2)CNC1. The summed E-state index contributed by atoms with van der Waals surface area (Å²) >= 11 is 0. The van der Waals surface area contributed by atoms with Crippen LogP contribution >= 0.6 is 0 Å². The minimum atomic E-state index is 0.553. The van der Waals surface area contributed by atoms with Crippen molar-refractivity contribution in [1.82, 2.24) is 10.6 Å². The molecule has 0 unspecified atom stereocenters. The van der Waals surface area contributed by atoms with Crippen LogP contribution in [0.3, 0.4) is 0 Å². The Hall–Kier alpha value is -0.0800. The molecule has 0 aromatic rings. The van der Waals surface area contributed by atoms with Gasteiger partial charge in [-0.15, -0.1) is 0 Å². The summed E-state index contributed by atoms with van der Waals surface area (Å²) in [4.78, 5) is 0. The second kappa shape index (κ2) is 3.97. The van der Waals surface area contributed by atoms with Crippen molar-refractivity contribution in [1.29, 1.82) is 0 Å². The first-order valence-electron chi connectivity index (χ1n) is 5.73. The lowest BCUT2D eigenvalue weighted by molar-refractivity contribution is 0.176. The molecule has 13 heavy (non-hydrogen) atoms. The molecular weight excluding hydrogens is 160 g/mol. The highest BCUT2D eigenvalue weighted by Gasteiger charge is 2.31. The van der Waals surface area contributed by atoms with Gasteiger partial charge in [0, 0.05) is 31.1 Å². The van der Waals surface area contributed by atoms with Crippen LogP contribution in [0.25, 0.3) is 0 Å². The van der Waals surface area contributed by atoms with Gasteiger partial charge in [0.25, 0.3) is 0 Å². The molecule has 0 bridgehead atoms. The maximum absolute atomic E-state index is 3.72. The number of nitrogens with one attached hydrogen (secondary N) is 2. The molecule has 1 aliphatic heterocycles. The zero-order chi connectivity index (χ0) is 9.15. The van der Waals surface area contributed by atoms with Gasteiger partial charge in [0.05, 0.1) is 0 Å². The molecule has 0 atom stereocenters.